The van der Waals surface area contributed by atoms with E-state index >= 15 is 0 Å². The number of amides is 2. The summed E-state index contributed by atoms with van der Waals surface area (Å²) in [7, 11) is 1.89. The molecule has 0 spiro atoms. The van der Waals surface area contributed by atoms with E-state index in [1.807, 2.05) is 49.5 Å². The molecule has 2 amide bonds. The van der Waals surface area contributed by atoms with E-state index in [0.29, 0.717) is 43.7 Å². The molecule has 3 rings (SSSR count). The third-order valence-corrected chi connectivity index (χ3v) is 7.07. The van der Waals surface area contributed by atoms with Gasteiger partial charge in [-0.15, -0.1) is 0 Å². The van der Waals surface area contributed by atoms with Gasteiger partial charge in [0.25, 0.3) is 0 Å². The molecule has 2 aromatic rings. The average molecular weight is 555 g/mol. The molecule has 0 heterocycles. The van der Waals surface area contributed by atoms with Gasteiger partial charge in [0.15, 0.2) is 0 Å². The number of nitrogens with one attached hydrogen (secondary N) is 4. The average Bonchev–Trinajstić information content (AvgIpc) is 3.42. The highest BCUT2D eigenvalue weighted by molar-refractivity contribution is 6.30. The Morgan fingerprint density at radius 1 is 1.10 bits per heavy atom. The van der Waals surface area contributed by atoms with E-state index in [1.165, 1.54) is 0 Å². The van der Waals surface area contributed by atoms with Gasteiger partial charge >= 0.3 is 0 Å². The fourth-order valence-electron chi connectivity index (χ4n) is 4.73. The number of carbonyl (C=O) groups is 3. The van der Waals surface area contributed by atoms with Gasteiger partial charge in [0.05, 0.1) is 11.6 Å². The second kappa shape index (κ2) is 15.4. The van der Waals surface area contributed by atoms with Crippen LogP contribution in [-0.2, 0) is 20.8 Å². The van der Waals surface area contributed by atoms with Crippen molar-refractivity contribution in [1.82, 2.24) is 21.3 Å². The molecule has 2 atom stereocenters. The summed E-state index contributed by atoms with van der Waals surface area (Å²) in [5.41, 5.74) is 1.07. The highest BCUT2D eigenvalue weighted by Gasteiger charge is 2.41. The fourth-order valence-corrected chi connectivity index (χ4v) is 4.94. The number of hydrogen-bond acceptors (Lipinski definition) is 6. The minimum Gasteiger partial charge on any atom is -0.492 e. The van der Waals surface area contributed by atoms with E-state index in [2.05, 4.69) is 21.3 Å². The van der Waals surface area contributed by atoms with Gasteiger partial charge in [-0.2, -0.15) is 0 Å². The van der Waals surface area contributed by atoms with Crippen LogP contribution in [0.3, 0.4) is 0 Å². The van der Waals surface area contributed by atoms with Crippen molar-refractivity contribution in [3.8, 4) is 5.75 Å². The lowest BCUT2D eigenvalue weighted by molar-refractivity contribution is -0.133. The summed E-state index contributed by atoms with van der Waals surface area (Å²) in [6, 6.07) is 13.4. The first-order valence-corrected chi connectivity index (χ1v) is 13.8. The molecular weight excluding hydrogens is 516 g/mol. The van der Waals surface area contributed by atoms with Crippen LogP contribution in [-0.4, -0.2) is 62.5 Å². The first-order chi connectivity index (χ1) is 18.9. The Balaban J connectivity index is 1.52. The number of halogens is 1. The number of hydrogen-bond donors (Lipinski definition) is 4. The maximum Gasteiger partial charge on any atom is 0.242 e. The van der Waals surface area contributed by atoms with Crippen molar-refractivity contribution in [3.05, 3.63) is 70.8 Å². The summed E-state index contributed by atoms with van der Waals surface area (Å²) < 4.78 is 6.01. The van der Waals surface area contributed by atoms with E-state index in [9.17, 15) is 14.4 Å². The monoisotopic (exact) mass is 554 g/mol. The fraction of sp³-hybridized carbons (Fsp3) is 0.433. The summed E-state index contributed by atoms with van der Waals surface area (Å²) in [6.07, 6.45) is 8.27. The number of rotatable bonds is 15. The molecule has 0 radical (unpaired) electrons. The van der Waals surface area contributed by atoms with Gasteiger partial charge in [-0.3, -0.25) is 14.9 Å². The Morgan fingerprint density at radius 2 is 1.87 bits per heavy atom. The lowest BCUT2D eigenvalue weighted by Gasteiger charge is -2.30. The molecule has 0 saturated heterocycles. The smallest absolute Gasteiger partial charge is 0.242 e. The van der Waals surface area contributed by atoms with Gasteiger partial charge in [-0.1, -0.05) is 66.9 Å². The molecule has 1 aliphatic rings. The molecule has 2 aromatic carbocycles. The van der Waals surface area contributed by atoms with Crippen LogP contribution < -0.4 is 26.0 Å². The van der Waals surface area contributed by atoms with Crippen molar-refractivity contribution < 1.29 is 19.1 Å². The zero-order chi connectivity index (χ0) is 28.1. The normalized spacial score (nSPS) is 16.0. The van der Waals surface area contributed by atoms with Crippen LogP contribution in [0.4, 0.5) is 0 Å². The Hall–Kier alpha value is -3.20. The molecule has 0 aromatic heterocycles. The number of carbonyl (C=O) groups excluding carboxylic acids is 3. The van der Waals surface area contributed by atoms with Crippen molar-refractivity contribution in [2.24, 2.45) is 0 Å². The maximum absolute atomic E-state index is 13.3. The van der Waals surface area contributed by atoms with Crippen LogP contribution in [0.2, 0.25) is 5.02 Å². The minimum absolute atomic E-state index is 0.212. The number of aldehydes is 1. The lowest BCUT2D eigenvalue weighted by Crippen LogP contribution is -2.60. The van der Waals surface area contributed by atoms with Gasteiger partial charge in [-0.05, 0) is 57.0 Å². The molecule has 1 aliphatic carbocycles. The van der Waals surface area contributed by atoms with E-state index in [1.54, 1.807) is 25.1 Å². The Morgan fingerprint density at radius 3 is 2.59 bits per heavy atom. The zero-order valence-electron chi connectivity index (χ0n) is 22.7. The van der Waals surface area contributed by atoms with Crippen LogP contribution in [0.15, 0.2) is 54.6 Å². The van der Waals surface area contributed by atoms with Crippen LogP contribution >= 0.6 is 11.6 Å². The van der Waals surface area contributed by atoms with E-state index in [4.69, 9.17) is 16.3 Å². The molecule has 210 valence electrons. The Kier molecular flexibility index (Phi) is 12.0. The van der Waals surface area contributed by atoms with Crippen molar-refractivity contribution >= 4 is 35.8 Å². The molecule has 0 aliphatic heterocycles. The lowest BCUT2D eigenvalue weighted by atomic mass is 9.95. The second-order valence-electron chi connectivity index (χ2n) is 9.84. The Bertz CT molecular complexity index is 1130. The molecule has 1 fully saturated rings. The van der Waals surface area contributed by atoms with E-state index in [-0.39, 0.29) is 5.91 Å². The molecule has 0 unspecified atom stereocenters. The van der Waals surface area contributed by atoms with Crippen LogP contribution in [0.25, 0.3) is 6.08 Å². The molecule has 4 N–H and O–H groups in total. The van der Waals surface area contributed by atoms with Crippen molar-refractivity contribution in [2.45, 2.75) is 56.7 Å². The quantitative estimate of drug-likeness (QED) is 0.199. The van der Waals surface area contributed by atoms with Crippen molar-refractivity contribution in [3.63, 3.8) is 0 Å². The van der Waals surface area contributed by atoms with Gasteiger partial charge < -0.3 is 25.5 Å². The molecule has 39 heavy (non-hydrogen) atoms. The molecule has 8 nitrogen and oxygen atoms in total. The predicted molar refractivity (Wildman–Crippen MR) is 155 cm³/mol. The predicted octanol–water partition coefficient (Wildman–Crippen LogP) is 3.28. The summed E-state index contributed by atoms with van der Waals surface area (Å²) in [5.74, 6) is 0.154. The zero-order valence-corrected chi connectivity index (χ0v) is 23.4. The molecule has 9 heteroatoms. The Labute approximate surface area is 235 Å². The number of ether oxygens (including phenoxy) is 1. The SMILES string of the molecule is CNC/C=C/c1ccccc1OCCNC1(C(=O)N[C@H](C)C(=O)N[C@@H](C=O)Cc2cccc(Cl)c2)CCCC1. The van der Waals surface area contributed by atoms with Gasteiger partial charge in [0.1, 0.15) is 24.7 Å². The van der Waals surface area contributed by atoms with Crippen molar-refractivity contribution in [1.29, 1.82) is 0 Å². The first kappa shape index (κ1) is 30.3. The first-order valence-electron chi connectivity index (χ1n) is 13.5. The highest BCUT2D eigenvalue weighted by atomic mass is 35.5. The number of likely N-dealkylation sites (N-methyl/N-ethyl adjacent to an activating group) is 1. The van der Waals surface area contributed by atoms with Crippen LogP contribution in [0.5, 0.6) is 5.75 Å². The van der Waals surface area contributed by atoms with Crippen LogP contribution in [0.1, 0.15) is 43.7 Å². The van der Waals surface area contributed by atoms with Gasteiger partial charge in [-0.25, -0.2) is 0 Å². The highest BCUT2D eigenvalue weighted by Crippen LogP contribution is 2.30. The summed E-state index contributed by atoms with van der Waals surface area (Å²) in [6.45, 7) is 3.27. The summed E-state index contributed by atoms with van der Waals surface area (Å²) in [5, 5.41) is 12.6. The van der Waals surface area contributed by atoms with Crippen LogP contribution in [0, 0.1) is 0 Å². The maximum atomic E-state index is 13.3. The summed E-state index contributed by atoms with van der Waals surface area (Å²) >= 11 is 6.03. The van der Waals surface area contributed by atoms with E-state index < -0.39 is 23.5 Å². The minimum atomic E-state index is -0.800. The van der Waals surface area contributed by atoms with Crippen molar-refractivity contribution in [2.75, 3.05) is 26.7 Å². The number of para-hydroxylation sites is 1. The molecule has 0 bridgehead atoms. The molecule has 1 saturated carbocycles. The molecular formula is C30H39ClN4O4. The topological polar surface area (TPSA) is 109 Å². The van der Waals surface area contributed by atoms with Gasteiger partial charge in [0, 0.05) is 23.7 Å². The number of benzene rings is 2. The third-order valence-electron chi connectivity index (χ3n) is 6.83. The standard InChI is InChI=1S/C30H39ClN4O4/c1-22(28(37)35-26(21-36)20-23-9-7-12-25(31)19-23)34-29(38)30(14-5-6-15-30)33-17-18-39-27-13-4-3-10-24(27)11-8-16-32-2/h3-4,7-13,19,21-22,26,32-33H,5-6,14-18,20H2,1-2H3,(H,34,38)(H,35,37)/b11-8+/t22-,26-/m1/s1. The second-order valence-corrected chi connectivity index (χ2v) is 10.3. The van der Waals surface area contributed by atoms with E-state index in [0.717, 1.165) is 36.3 Å². The van der Waals surface area contributed by atoms with Gasteiger partial charge in [0.2, 0.25) is 11.8 Å². The summed E-state index contributed by atoms with van der Waals surface area (Å²) in [4.78, 5) is 37.8. The largest absolute Gasteiger partial charge is 0.492 e. The third kappa shape index (κ3) is 9.20.